The molecule has 0 fully saturated rings. The van der Waals surface area contributed by atoms with E-state index in [2.05, 4.69) is 44.6 Å². The molecule has 1 aromatic rings. The summed E-state index contributed by atoms with van der Waals surface area (Å²) < 4.78 is 47.7. The van der Waals surface area contributed by atoms with Crippen LogP contribution in [0.25, 0.3) is 0 Å². The SMILES string of the molecule is C=C(C)[C@@H]1CCC#C[C@@H](OS(C)(=O)=O)[C@@H](C(=C)C)c2cc(C)c(o2)[C@@H]1OCOCC[Si](C)(C)C. The van der Waals surface area contributed by atoms with Crippen LogP contribution in [0.4, 0.5) is 0 Å². The van der Waals surface area contributed by atoms with E-state index in [1.54, 1.807) is 0 Å². The first-order chi connectivity index (χ1) is 15.7. The molecule has 0 saturated heterocycles. The minimum atomic E-state index is -3.74. The van der Waals surface area contributed by atoms with E-state index in [9.17, 15) is 8.42 Å². The fraction of sp³-hybridized carbons (Fsp3) is 0.615. The molecule has 190 valence electrons. The van der Waals surface area contributed by atoms with Gasteiger partial charge in [0, 0.05) is 27.0 Å². The van der Waals surface area contributed by atoms with Crippen LogP contribution >= 0.6 is 0 Å². The first-order valence-electron chi connectivity index (χ1n) is 11.7. The smallest absolute Gasteiger partial charge is 0.265 e. The van der Waals surface area contributed by atoms with E-state index in [-0.39, 0.29) is 12.7 Å². The third-order valence-corrected chi connectivity index (χ3v) is 8.06. The zero-order chi connectivity index (χ0) is 25.7. The van der Waals surface area contributed by atoms with E-state index in [0.29, 0.717) is 36.5 Å². The van der Waals surface area contributed by atoms with Gasteiger partial charge < -0.3 is 13.9 Å². The molecule has 34 heavy (non-hydrogen) atoms. The van der Waals surface area contributed by atoms with Gasteiger partial charge in [-0.25, -0.2) is 0 Å². The quantitative estimate of drug-likeness (QED) is 0.0970. The molecular formula is C26H40O6SSi. The molecule has 1 aliphatic rings. The van der Waals surface area contributed by atoms with Crippen molar-refractivity contribution in [1.82, 2.24) is 0 Å². The lowest BCUT2D eigenvalue weighted by molar-refractivity contribution is -0.109. The highest BCUT2D eigenvalue weighted by Crippen LogP contribution is 2.40. The maximum absolute atomic E-state index is 12.0. The maximum Gasteiger partial charge on any atom is 0.265 e. The molecule has 0 radical (unpaired) electrons. The van der Waals surface area contributed by atoms with Gasteiger partial charge in [0.1, 0.15) is 24.4 Å². The summed E-state index contributed by atoms with van der Waals surface area (Å²) in [5, 5.41) is 0. The third kappa shape index (κ3) is 8.54. The fourth-order valence-corrected chi connectivity index (χ4v) is 5.24. The molecule has 0 N–H and O–H groups in total. The van der Waals surface area contributed by atoms with Gasteiger partial charge in [-0.05, 0) is 44.9 Å². The van der Waals surface area contributed by atoms with Crippen molar-refractivity contribution in [3.05, 3.63) is 47.5 Å². The Morgan fingerprint density at radius 1 is 1.24 bits per heavy atom. The average Bonchev–Trinajstić information content (AvgIpc) is 3.01. The standard InChI is InChI=1S/C26H40O6SSi/c1-18(2)21-12-10-11-13-22(32-33(6,27)28)24(19(3)4)23-16-20(5)25(31-23)26(21)30-17-29-14-15-34(7,8)9/h16,21-22,24,26H,1,3,10,12,14-15,17H2,2,4-9H3/t21-,22+,24+,26+/m0/s1. The summed E-state index contributed by atoms with van der Waals surface area (Å²) in [7, 11) is -4.93. The molecule has 0 spiro atoms. The molecule has 1 aromatic heterocycles. The second-order valence-corrected chi connectivity index (χ2v) is 17.7. The van der Waals surface area contributed by atoms with Crippen LogP contribution in [0.1, 0.15) is 55.8 Å². The Labute approximate surface area is 206 Å². The van der Waals surface area contributed by atoms with Crippen molar-refractivity contribution in [3.8, 4) is 11.8 Å². The largest absolute Gasteiger partial charge is 0.462 e. The van der Waals surface area contributed by atoms with E-state index in [1.165, 1.54) is 0 Å². The summed E-state index contributed by atoms with van der Waals surface area (Å²) in [5.74, 6) is 6.78. The van der Waals surface area contributed by atoms with Gasteiger partial charge in [-0.1, -0.05) is 49.9 Å². The van der Waals surface area contributed by atoms with Crippen molar-refractivity contribution in [3.63, 3.8) is 0 Å². The molecule has 2 rings (SSSR count). The molecule has 0 saturated carbocycles. The topological polar surface area (TPSA) is 75.0 Å². The van der Waals surface area contributed by atoms with E-state index >= 15 is 0 Å². The van der Waals surface area contributed by atoms with Gasteiger partial charge in [0.05, 0.1) is 12.2 Å². The number of hydrogen-bond acceptors (Lipinski definition) is 6. The van der Waals surface area contributed by atoms with Crippen molar-refractivity contribution in [2.45, 2.75) is 77.4 Å². The molecule has 4 atom stereocenters. The van der Waals surface area contributed by atoms with Crippen molar-refractivity contribution < 1.29 is 26.5 Å². The van der Waals surface area contributed by atoms with Crippen LogP contribution in [0.2, 0.25) is 25.7 Å². The lowest BCUT2D eigenvalue weighted by Gasteiger charge is -2.27. The van der Waals surface area contributed by atoms with Crippen molar-refractivity contribution in [1.29, 1.82) is 0 Å². The summed E-state index contributed by atoms with van der Waals surface area (Å²) in [5.41, 5.74) is 2.57. The van der Waals surface area contributed by atoms with Gasteiger partial charge in [0.25, 0.3) is 10.1 Å². The highest BCUT2D eigenvalue weighted by Gasteiger charge is 2.34. The third-order valence-electron chi connectivity index (χ3n) is 5.80. The monoisotopic (exact) mass is 508 g/mol. The number of ether oxygens (including phenoxy) is 2. The van der Waals surface area contributed by atoms with E-state index in [0.717, 1.165) is 23.4 Å². The number of fused-ring (bicyclic) bond motifs is 2. The molecule has 0 aliphatic carbocycles. The fourth-order valence-electron chi connectivity index (χ4n) is 3.95. The Morgan fingerprint density at radius 2 is 1.91 bits per heavy atom. The van der Waals surface area contributed by atoms with Crippen LogP contribution in [0.3, 0.4) is 0 Å². The second kappa shape index (κ2) is 11.9. The predicted octanol–water partition coefficient (Wildman–Crippen LogP) is 5.95. The van der Waals surface area contributed by atoms with Gasteiger partial charge in [-0.15, -0.1) is 5.92 Å². The second-order valence-electron chi connectivity index (χ2n) is 10.5. The summed E-state index contributed by atoms with van der Waals surface area (Å²) in [6.45, 7) is 21.8. The lowest BCUT2D eigenvalue weighted by atomic mass is 9.87. The minimum absolute atomic E-state index is 0.0387. The molecule has 2 bridgehead atoms. The van der Waals surface area contributed by atoms with Crippen molar-refractivity contribution >= 4 is 18.2 Å². The van der Waals surface area contributed by atoms with Gasteiger partial charge in [0.15, 0.2) is 6.10 Å². The molecular weight excluding hydrogens is 468 g/mol. The van der Waals surface area contributed by atoms with Crippen molar-refractivity contribution in [2.24, 2.45) is 5.92 Å². The zero-order valence-corrected chi connectivity index (χ0v) is 23.5. The Balaban J connectivity index is 2.43. The lowest BCUT2D eigenvalue weighted by Crippen LogP contribution is -2.24. The van der Waals surface area contributed by atoms with Gasteiger partial charge in [-0.2, -0.15) is 8.42 Å². The molecule has 8 heteroatoms. The number of hydrogen-bond donors (Lipinski definition) is 0. The Bertz CT molecular complexity index is 1040. The summed E-state index contributed by atoms with van der Waals surface area (Å²) in [4.78, 5) is 0. The van der Waals surface area contributed by atoms with Crippen LogP contribution in [-0.2, 0) is 23.8 Å². The van der Waals surface area contributed by atoms with E-state index in [1.807, 2.05) is 26.8 Å². The average molecular weight is 509 g/mol. The maximum atomic E-state index is 12.0. The predicted molar refractivity (Wildman–Crippen MR) is 139 cm³/mol. The summed E-state index contributed by atoms with van der Waals surface area (Å²) in [6.07, 6.45) is 0.929. The molecule has 0 unspecified atom stereocenters. The molecule has 1 aliphatic heterocycles. The van der Waals surface area contributed by atoms with Crippen LogP contribution in [0.15, 0.2) is 34.8 Å². The highest BCUT2D eigenvalue weighted by atomic mass is 32.2. The minimum Gasteiger partial charge on any atom is -0.462 e. The van der Waals surface area contributed by atoms with Gasteiger partial charge in [-0.3, -0.25) is 4.18 Å². The summed E-state index contributed by atoms with van der Waals surface area (Å²) >= 11 is 0. The number of furan rings is 1. The van der Waals surface area contributed by atoms with E-state index in [4.69, 9.17) is 18.1 Å². The Kier molecular flexibility index (Phi) is 9.98. The van der Waals surface area contributed by atoms with Crippen LogP contribution in [0.5, 0.6) is 0 Å². The first kappa shape index (κ1) is 28.6. The van der Waals surface area contributed by atoms with Gasteiger partial charge >= 0.3 is 0 Å². The number of aryl methyl sites for hydroxylation is 1. The Morgan fingerprint density at radius 3 is 2.47 bits per heavy atom. The van der Waals surface area contributed by atoms with Crippen LogP contribution in [0, 0.1) is 24.7 Å². The highest BCUT2D eigenvalue weighted by molar-refractivity contribution is 7.86. The van der Waals surface area contributed by atoms with Gasteiger partial charge in [0.2, 0.25) is 0 Å². The zero-order valence-electron chi connectivity index (χ0n) is 21.7. The Hall–Kier alpha value is -1.63. The normalized spacial score (nSPS) is 23.5. The first-order valence-corrected chi connectivity index (χ1v) is 17.2. The van der Waals surface area contributed by atoms with Crippen LogP contribution in [-0.4, -0.2) is 42.3 Å². The number of rotatable bonds is 10. The summed E-state index contributed by atoms with van der Waals surface area (Å²) in [6, 6.07) is 2.96. The molecule has 6 nitrogen and oxygen atoms in total. The molecule has 0 amide bonds. The van der Waals surface area contributed by atoms with Crippen LogP contribution < -0.4 is 0 Å². The molecule has 2 heterocycles. The van der Waals surface area contributed by atoms with Crippen molar-refractivity contribution in [2.75, 3.05) is 19.7 Å². The molecule has 0 aromatic carbocycles. The van der Waals surface area contributed by atoms with E-state index < -0.39 is 36.3 Å².